The van der Waals surface area contributed by atoms with Crippen molar-refractivity contribution in [2.75, 3.05) is 6.61 Å². The van der Waals surface area contributed by atoms with Crippen LogP contribution in [0.25, 0.3) is 0 Å². The molecule has 34 heavy (non-hydrogen) atoms. The molecule has 0 fully saturated rings. The highest BCUT2D eigenvalue weighted by Gasteiger charge is 2.63. The first-order chi connectivity index (χ1) is 15.9. The van der Waals surface area contributed by atoms with E-state index in [1.165, 1.54) is 42.3 Å². The summed E-state index contributed by atoms with van der Waals surface area (Å²) in [6.45, 7) is 1.94. The average molecular weight is 482 g/mol. The van der Waals surface area contributed by atoms with Gasteiger partial charge in [-0.2, -0.15) is 13.2 Å². The number of hydrogen-bond acceptors (Lipinski definition) is 7. The number of alkyl halides is 3. The molecule has 1 aromatic heterocycles. The van der Waals surface area contributed by atoms with Crippen molar-refractivity contribution in [2.24, 2.45) is 5.41 Å². The van der Waals surface area contributed by atoms with E-state index in [-0.39, 0.29) is 30.0 Å². The van der Waals surface area contributed by atoms with Crippen molar-refractivity contribution in [1.82, 2.24) is 14.9 Å². The molecule has 1 aliphatic heterocycles. The van der Waals surface area contributed by atoms with Crippen molar-refractivity contribution in [2.45, 2.75) is 38.5 Å². The van der Waals surface area contributed by atoms with Gasteiger partial charge in [0.1, 0.15) is 11.5 Å². The summed E-state index contributed by atoms with van der Waals surface area (Å²) in [4.78, 5) is 39.9. The lowest BCUT2D eigenvalue weighted by Crippen LogP contribution is -2.62. The zero-order chi connectivity index (χ0) is 25.3. The molecule has 0 radical (unpaired) electrons. The lowest BCUT2D eigenvalue weighted by Gasteiger charge is -2.47. The summed E-state index contributed by atoms with van der Waals surface area (Å²) >= 11 is 0. The Bertz CT molecular complexity index is 1130. The molecule has 2 aromatic rings. The van der Waals surface area contributed by atoms with E-state index in [1.807, 2.05) is 0 Å². The van der Waals surface area contributed by atoms with Crippen molar-refractivity contribution in [1.29, 1.82) is 0 Å². The lowest BCUT2D eigenvalue weighted by atomic mass is 9.62. The van der Waals surface area contributed by atoms with Crippen molar-refractivity contribution in [3.63, 3.8) is 0 Å². The van der Waals surface area contributed by atoms with Gasteiger partial charge in [0.05, 0.1) is 30.0 Å². The molecule has 3 rings (SSSR count). The molecule has 0 bridgehead atoms. The van der Waals surface area contributed by atoms with E-state index in [2.05, 4.69) is 10.3 Å². The van der Waals surface area contributed by atoms with Gasteiger partial charge in [-0.3, -0.25) is 14.9 Å². The van der Waals surface area contributed by atoms with Crippen molar-refractivity contribution >= 4 is 17.6 Å². The van der Waals surface area contributed by atoms with E-state index >= 15 is 0 Å². The normalized spacial score (nSPS) is 22.7. The number of allylic oxidation sites excluding steroid dienone is 1. The molecular weight excluding hydrogens is 461 g/mol. The summed E-state index contributed by atoms with van der Waals surface area (Å²) in [6.07, 6.45) is -0.901. The van der Waals surface area contributed by atoms with Crippen LogP contribution in [0.1, 0.15) is 25.3 Å². The maximum Gasteiger partial charge on any atom is 0.409 e. The highest BCUT2D eigenvalue weighted by atomic mass is 19.4. The number of carboxylic acids is 1. The molecule has 10 nitrogen and oxygen atoms in total. The number of imidazole rings is 1. The third-order valence-electron chi connectivity index (χ3n) is 5.73. The van der Waals surface area contributed by atoms with Gasteiger partial charge in [-0.05, 0) is 19.4 Å². The predicted octanol–water partition coefficient (Wildman–Crippen LogP) is 3.02. The molecule has 2 N–H and O–H groups in total. The van der Waals surface area contributed by atoms with Gasteiger partial charge in [0.25, 0.3) is 5.69 Å². The van der Waals surface area contributed by atoms with Gasteiger partial charge in [-0.25, -0.2) is 9.78 Å². The van der Waals surface area contributed by atoms with E-state index in [4.69, 9.17) is 4.74 Å². The molecular formula is C21H21F3N4O6. The summed E-state index contributed by atoms with van der Waals surface area (Å²) in [5.41, 5.74) is -3.85. The largest absolute Gasteiger partial charge is 0.481 e. The smallest absolute Gasteiger partial charge is 0.409 e. The van der Waals surface area contributed by atoms with E-state index in [1.54, 1.807) is 0 Å². The number of ether oxygens (including phenoxy) is 1. The number of hydrogen-bond donors (Lipinski definition) is 2. The molecule has 182 valence electrons. The number of nitro groups is 1. The van der Waals surface area contributed by atoms with E-state index in [0.717, 1.165) is 19.1 Å². The highest BCUT2D eigenvalue weighted by Crippen LogP contribution is 2.52. The number of halogens is 3. The summed E-state index contributed by atoms with van der Waals surface area (Å²) in [7, 11) is 0. The summed E-state index contributed by atoms with van der Waals surface area (Å²) < 4.78 is 49.2. The third-order valence-corrected chi connectivity index (χ3v) is 5.73. The molecule has 2 heterocycles. The Morgan fingerprint density at radius 2 is 2.09 bits per heavy atom. The number of nitrogens with one attached hydrogen (secondary N) is 1. The Morgan fingerprint density at radius 3 is 2.62 bits per heavy atom. The Morgan fingerprint density at radius 1 is 1.38 bits per heavy atom. The maximum absolute atomic E-state index is 14.2. The van der Waals surface area contributed by atoms with Gasteiger partial charge in [0, 0.05) is 36.1 Å². The topological polar surface area (TPSA) is 137 Å². The van der Waals surface area contributed by atoms with Crippen molar-refractivity contribution in [3.05, 3.63) is 69.9 Å². The zero-order valence-electron chi connectivity index (χ0n) is 18.1. The minimum atomic E-state index is -5.05. The maximum atomic E-state index is 14.2. The molecule has 0 saturated carbocycles. The second-order valence-electron chi connectivity index (χ2n) is 7.84. The zero-order valence-corrected chi connectivity index (χ0v) is 18.1. The highest BCUT2D eigenvalue weighted by molar-refractivity contribution is 5.94. The predicted molar refractivity (Wildman–Crippen MR) is 110 cm³/mol. The van der Waals surface area contributed by atoms with Crippen LogP contribution in [-0.4, -0.2) is 50.3 Å². The number of carboxylic acid groups (broad SMARTS) is 1. The van der Waals surface area contributed by atoms with Crippen LogP contribution in [0.2, 0.25) is 0 Å². The molecule has 13 heteroatoms. The third kappa shape index (κ3) is 4.45. The fourth-order valence-corrected chi connectivity index (χ4v) is 4.19. The van der Waals surface area contributed by atoms with Gasteiger partial charge in [-0.1, -0.05) is 12.1 Å². The van der Waals surface area contributed by atoms with Crippen LogP contribution in [0.5, 0.6) is 0 Å². The number of nitrogens with zero attached hydrogens (tertiary/aromatic N) is 3. The molecule has 0 spiro atoms. The number of aliphatic carboxylic acids is 1. The number of aromatic nitrogens is 2. The first-order valence-electron chi connectivity index (χ1n) is 10.1. The van der Waals surface area contributed by atoms with Crippen LogP contribution >= 0.6 is 0 Å². The minimum Gasteiger partial charge on any atom is -0.481 e. The molecule has 0 saturated heterocycles. The molecule has 1 aromatic carbocycles. The van der Waals surface area contributed by atoms with E-state index in [0.29, 0.717) is 0 Å². The Hall–Kier alpha value is -3.90. The SMILES string of the molecule is CCOC(=O)C1=C(Cn2ccnc2)NC(C(F)(F)F)C(C)(C(=O)O)C1c1cccc([N+](=O)[O-])c1. The van der Waals surface area contributed by atoms with Gasteiger partial charge in [0.15, 0.2) is 0 Å². The van der Waals surface area contributed by atoms with E-state index < -0.39 is 46.1 Å². The van der Waals surface area contributed by atoms with Crippen molar-refractivity contribution < 1.29 is 37.5 Å². The minimum absolute atomic E-state index is 0.130. The summed E-state index contributed by atoms with van der Waals surface area (Å²) in [6, 6.07) is 1.94. The van der Waals surface area contributed by atoms with Gasteiger partial charge >= 0.3 is 18.1 Å². The molecule has 3 unspecified atom stereocenters. The Kier molecular flexibility index (Phi) is 6.66. The molecule has 1 aliphatic rings. The quantitative estimate of drug-likeness (QED) is 0.349. The summed E-state index contributed by atoms with van der Waals surface area (Å²) in [5.74, 6) is -4.60. The monoisotopic (exact) mass is 482 g/mol. The number of carbonyl (C=O) groups is 2. The molecule has 0 amide bonds. The summed E-state index contributed by atoms with van der Waals surface area (Å²) in [5, 5.41) is 23.6. The molecule has 0 aliphatic carbocycles. The van der Waals surface area contributed by atoms with E-state index in [9.17, 15) is 38.0 Å². The number of rotatable bonds is 7. The van der Waals surface area contributed by atoms with Crippen LogP contribution in [-0.2, 0) is 20.9 Å². The van der Waals surface area contributed by atoms with Crippen LogP contribution in [0, 0.1) is 15.5 Å². The first-order valence-corrected chi connectivity index (χ1v) is 10.1. The number of non-ortho nitro benzene ring substituents is 1. The van der Waals surface area contributed by atoms with Crippen LogP contribution in [0.4, 0.5) is 18.9 Å². The Balaban J connectivity index is 2.37. The van der Waals surface area contributed by atoms with Crippen LogP contribution in [0.3, 0.4) is 0 Å². The first kappa shape index (κ1) is 24.7. The van der Waals surface area contributed by atoms with Crippen LogP contribution in [0.15, 0.2) is 54.3 Å². The van der Waals surface area contributed by atoms with Gasteiger partial charge in [0.2, 0.25) is 0 Å². The van der Waals surface area contributed by atoms with Crippen molar-refractivity contribution in [3.8, 4) is 0 Å². The second-order valence-corrected chi connectivity index (χ2v) is 7.84. The number of nitro benzene ring substituents is 1. The second kappa shape index (κ2) is 9.15. The molecule has 3 atom stereocenters. The fourth-order valence-electron chi connectivity index (χ4n) is 4.19. The fraction of sp³-hybridized carbons (Fsp3) is 0.381. The van der Waals surface area contributed by atoms with Gasteiger partial charge < -0.3 is 19.7 Å². The standard InChI is InChI=1S/C21H21F3N4O6/c1-3-34-17(29)15-14(10-27-8-7-25-11-27)26-18(21(22,23)24)20(2,19(30)31)16(15)12-5-4-6-13(9-12)28(32)33/h4-9,11,16,18,26H,3,10H2,1-2H3,(H,30,31). The number of benzene rings is 1. The van der Waals surface area contributed by atoms with Gasteiger partial charge in [-0.15, -0.1) is 0 Å². The number of carbonyl (C=O) groups excluding carboxylic acids is 1. The number of esters is 1. The van der Waals surface area contributed by atoms with Crippen LogP contribution < -0.4 is 5.32 Å². The Labute approximate surface area is 191 Å². The average Bonchev–Trinajstić information content (AvgIpc) is 3.26. The lowest BCUT2D eigenvalue weighted by molar-refractivity contribution is -0.384.